The number of ether oxygens (including phenoxy) is 1. The molecular weight excluding hydrogens is 312 g/mol. The first-order valence-corrected chi connectivity index (χ1v) is 10.3. The van der Waals surface area contributed by atoms with Gasteiger partial charge in [-0.1, -0.05) is 32.4 Å². The molecule has 4 rings (SSSR count). The van der Waals surface area contributed by atoms with E-state index in [9.17, 15) is 9.59 Å². The van der Waals surface area contributed by atoms with Crippen LogP contribution in [0.25, 0.3) is 0 Å². The van der Waals surface area contributed by atoms with Crippen molar-refractivity contribution in [3.8, 4) is 0 Å². The summed E-state index contributed by atoms with van der Waals surface area (Å²) in [5.41, 5.74) is 1.81. The lowest BCUT2D eigenvalue weighted by molar-refractivity contribution is -0.159. The summed E-state index contributed by atoms with van der Waals surface area (Å²) in [6.45, 7) is 6.68. The molecule has 0 aromatic rings. The van der Waals surface area contributed by atoms with Gasteiger partial charge in [-0.05, 0) is 61.7 Å². The second-order valence-corrected chi connectivity index (χ2v) is 9.43. The first kappa shape index (κ1) is 17.3. The Morgan fingerprint density at radius 1 is 1.20 bits per heavy atom. The van der Waals surface area contributed by atoms with Gasteiger partial charge in [0, 0.05) is 24.7 Å². The molecule has 3 saturated carbocycles. The number of ketones is 1. The van der Waals surface area contributed by atoms with E-state index in [-0.39, 0.29) is 22.9 Å². The van der Waals surface area contributed by atoms with Crippen LogP contribution in [0.3, 0.4) is 0 Å². The molecule has 0 saturated heterocycles. The molecule has 3 fully saturated rings. The average molecular weight is 344 g/mol. The number of Topliss-reactive ketones (excluding diaryl/α,β-unsaturated/α-hetero) is 1. The number of hydrogen-bond acceptors (Lipinski definition) is 3. The molecule has 0 aliphatic heterocycles. The third-order valence-corrected chi connectivity index (χ3v) is 8.41. The Kier molecular flexibility index (Phi) is 4.12. The van der Waals surface area contributed by atoms with Crippen molar-refractivity contribution in [2.24, 2.45) is 28.6 Å². The van der Waals surface area contributed by atoms with Crippen LogP contribution in [0, 0.1) is 28.6 Å². The lowest BCUT2D eigenvalue weighted by atomic mass is 9.48. The van der Waals surface area contributed by atoms with Crippen LogP contribution >= 0.6 is 0 Å². The molecule has 3 nitrogen and oxygen atoms in total. The van der Waals surface area contributed by atoms with E-state index < -0.39 is 0 Å². The molecule has 0 aromatic carbocycles. The van der Waals surface area contributed by atoms with Crippen molar-refractivity contribution in [2.45, 2.75) is 84.7 Å². The summed E-state index contributed by atoms with van der Waals surface area (Å²) < 4.78 is 5.86. The molecule has 0 N–H and O–H groups in total. The number of carbonyl (C=O) groups excluding carboxylic acids is 2. The highest BCUT2D eigenvalue weighted by molar-refractivity contribution is 5.82. The van der Waals surface area contributed by atoms with Crippen LogP contribution in [0.15, 0.2) is 11.6 Å². The molecule has 0 aromatic heterocycles. The van der Waals surface area contributed by atoms with Gasteiger partial charge in [0.1, 0.15) is 11.9 Å². The van der Waals surface area contributed by atoms with Crippen LogP contribution in [-0.4, -0.2) is 17.9 Å². The van der Waals surface area contributed by atoms with E-state index in [1.807, 2.05) is 6.92 Å². The van der Waals surface area contributed by atoms with E-state index in [2.05, 4.69) is 19.9 Å². The maximum Gasteiger partial charge on any atom is 0.305 e. The van der Waals surface area contributed by atoms with Crippen molar-refractivity contribution in [3.63, 3.8) is 0 Å². The lowest BCUT2D eigenvalue weighted by Crippen LogP contribution is -2.51. The molecular formula is C22H32O3. The number of carbonyl (C=O) groups is 2. The van der Waals surface area contributed by atoms with Crippen LogP contribution in [0.5, 0.6) is 0 Å². The van der Waals surface area contributed by atoms with Gasteiger partial charge in [-0.3, -0.25) is 9.59 Å². The molecule has 0 heterocycles. The van der Waals surface area contributed by atoms with E-state index in [0.717, 1.165) is 32.1 Å². The lowest BCUT2D eigenvalue weighted by Gasteiger charge is -2.57. The molecule has 0 radical (unpaired) electrons. The molecule has 4 aliphatic carbocycles. The van der Waals surface area contributed by atoms with Crippen LogP contribution in [0.1, 0.15) is 78.6 Å². The van der Waals surface area contributed by atoms with Crippen LogP contribution in [0.4, 0.5) is 0 Å². The van der Waals surface area contributed by atoms with E-state index in [4.69, 9.17) is 4.74 Å². The normalized spacial score (nSPS) is 45.9. The molecule has 6 atom stereocenters. The minimum Gasteiger partial charge on any atom is -0.462 e. The van der Waals surface area contributed by atoms with Crippen molar-refractivity contribution in [2.75, 3.05) is 0 Å². The highest BCUT2D eigenvalue weighted by atomic mass is 16.5. The highest BCUT2D eigenvalue weighted by Gasteiger charge is 2.59. The highest BCUT2D eigenvalue weighted by Crippen LogP contribution is 2.65. The topological polar surface area (TPSA) is 43.4 Å². The summed E-state index contributed by atoms with van der Waals surface area (Å²) >= 11 is 0. The Balaban J connectivity index is 1.60. The summed E-state index contributed by atoms with van der Waals surface area (Å²) in [7, 11) is 0. The smallest absolute Gasteiger partial charge is 0.305 e. The Morgan fingerprint density at radius 2 is 2.00 bits per heavy atom. The van der Waals surface area contributed by atoms with Gasteiger partial charge in [0.15, 0.2) is 0 Å². The first-order valence-electron chi connectivity index (χ1n) is 10.3. The van der Waals surface area contributed by atoms with Crippen molar-refractivity contribution in [1.29, 1.82) is 0 Å². The number of rotatable bonds is 2. The zero-order valence-electron chi connectivity index (χ0n) is 16.0. The van der Waals surface area contributed by atoms with E-state index in [0.29, 0.717) is 36.4 Å². The fourth-order valence-electron chi connectivity index (χ4n) is 6.86. The van der Waals surface area contributed by atoms with Gasteiger partial charge in [-0.15, -0.1) is 0 Å². The maximum atomic E-state index is 11.9. The maximum absolute atomic E-state index is 11.9. The Bertz CT molecular complexity index is 621. The minimum atomic E-state index is -0.0439. The largest absolute Gasteiger partial charge is 0.462 e. The Morgan fingerprint density at radius 3 is 2.76 bits per heavy atom. The van der Waals surface area contributed by atoms with Gasteiger partial charge in [0.05, 0.1) is 0 Å². The standard InChI is InChI=1S/C22H32O3/c1-4-20(24)25-19-8-7-17-16-6-5-14-13-15(23)9-11-21(14,2)18(16)10-12-22(17,19)3/h5,16-19H,4,6-13H2,1-3H3/t16?,17?,18?,19-,21-,22-/m0/s1. The summed E-state index contributed by atoms with van der Waals surface area (Å²) in [6, 6.07) is 0. The molecule has 0 spiro atoms. The fraction of sp³-hybridized carbons (Fsp3) is 0.818. The average Bonchev–Trinajstić information content (AvgIpc) is 2.92. The second kappa shape index (κ2) is 5.96. The molecule has 25 heavy (non-hydrogen) atoms. The zero-order valence-corrected chi connectivity index (χ0v) is 16.0. The van der Waals surface area contributed by atoms with Crippen LogP contribution in [0.2, 0.25) is 0 Å². The van der Waals surface area contributed by atoms with Gasteiger partial charge >= 0.3 is 5.97 Å². The summed E-state index contributed by atoms with van der Waals surface area (Å²) in [5, 5.41) is 0. The number of hydrogen-bond donors (Lipinski definition) is 0. The van der Waals surface area contributed by atoms with Crippen LogP contribution in [-0.2, 0) is 14.3 Å². The van der Waals surface area contributed by atoms with Crippen molar-refractivity contribution in [1.82, 2.24) is 0 Å². The second-order valence-electron chi connectivity index (χ2n) is 9.43. The molecule has 138 valence electrons. The van der Waals surface area contributed by atoms with Gasteiger partial charge < -0.3 is 4.74 Å². The summed E-state index contributed by atoms with van der Waals surface area (Å²) in [4.78, 5) is 23.8. The third-order valence-electron chi connectivity index (χ3n) is 8.41. The fourth-order valence-corrected chi connectivity index (χ4v) is 6.86. The summed E-state index contributed by atoms with van der Waals surface area (Å²) in [5.74, 6) is 2.45. The van der Waals surface area contributed by atoms with Gasteiger partial charge in [-0.2, -0.15) is 0 Å². The predicted octanol–water partition coefficient (Wildman–Crippen LogP) is 4.84. The molecule has 0 amide bonds. The molecule has 4 aliphatic rings. The van der Waals surface area contributed by atoms with E-state index in [1.54, 1.807) is 0 Å². The van der Waals surface area contributed by atoms with Crippen molar-refractivity contribution >= 4 is 11.8 Å². The van der Waals surface area contributed by atoms with Gasteiger partial charge in [-0.25, -0.2) is 0 Å². The Labute approximate surface area is 151 Å². The Hall–Kier alpha value is -1.12. The van der Waals surface area contributed by atoms with Gasteiger partial charge in [0.25, 0.3) is 0 Å². The quantitative estimate of drug-likeness (QED) is 0.532. The predicted molar refractivity (Wildman–Crippen MR) is 96.9 cm³/mol. The number of esters is 1. The van der Waals surface area contributed by atoms with Crippen LogP contribution < -0.4 is 0 Å². The van der Waals surface area contributed by atoms with Gasteiger partial charge in [0.2, 0.25) is 0 Å². The first-order chi connectivity index (χ1) is 11.9. The SMILES string of the molecule is CCC(=O)O[C@H]1CCC2C3CC=C4CC(=O)CC[C@]4(C)C3CC[C@@]21C. The number of allylic oxidation sites excluding steroid dienone is 2. The molecule has 3 unspecified atom stereocenters. The zero-order chi connectivity index (χ0) is 17.8. The van der Waals surface area contributed by atoms with Crippen molar-refractivity contribution in [3.05, 3.63) is 11.6 Å². The van der Waals surface area contributed by atoms with Crippen molar-refractivity contribution < 1.29 is 14.3 Å². The third kappa shape index (κ3) is 2.52. The summed E-state index contributed by atoms with van der Waals surface area (Å²) in [6.07, 6.45) is 11.2. The molecule has 0 bridgehead atoms. The molecule has 3 heteroatoms. The monoisotopic (exact) mass is 344 g/mol. The van der Waals surface area contributed by atoms with E-state index >= 15 is 0 Å². The van der Waals surface area contributed by atoms with E-state index in [1.165, 1.54) is 18.4 Å². The number of fused-ring (bicyclic) bond motifs is 5. The minimum absolute atomic E-state index is 0.0439.